The Morgan fingerprint density at radius 1 is 0.517 bits per heavy atom. The highest BCUT2D eigenvalue weighted by molar-refractivity contribution is 6.24. The van der Waals surface area contributed by atoms with Crippen molar-refractivity contribution in [3.05, 3.63) is 217 Å². The lowest BCUT2D eigenvalue weighted by molar-refractivity contribution is 0.671. The molecule has 0 aliphatic rings. The van der Waals surface area contributed by atoms with Crippen molar-refractivity contribution in [2.45, 2.75) is 13.5 Å². The molecule has 3 N–H and O–H groups in total. The highest BCUT2D eigenvalue weighted by Crippen LogP contribution is 2.45. The number of hydrogen-bond acceptors (Lipinski definition) is 3. The van der Waals surface area contributed by atoms with E-state index >= 15 is 0 Å². The molecule has 0 aliphatic carbocycles. The topological polar surface area (TPSA) is 75.4 Å². The average Bonchev–Trinajstić information content (AvgIpc) is 3.67. The van der Waals surface area contributed by atoms with Crippen LogP contribution in [0.4, 0.5) is 0 Å². The van der Waals surface area contributed by atoms with Crippen LogP contribution >= 0.6 is 0 Å². The van der Waals surface area contributed by atoms with Crippen molar-refractivity contribution in [2.24, 2.45) is 10.7 Å². The number of benzene rings is 9. The Hall–Kier alpha value is -7.56. The normalized spacial score (nSPS) is 10.8. The van der Waals surface area contributed by atoms with Gasteiger partial charge in [0, 0.05) is 27.5 Å². The van der Waals surface area contributed by atoms with E-state index in [9.17, 15) is 0 Å². The second kappa shape index (κ2) is 17.1. The Morgan fingerprint density at radius 3 is 1.71 bits per heavy atom. The molecule has 10 aromatic rings. The molecule has 4 nitrogen and oxygen atoms in total. The summed E-state index contributed by atoms with van der Waals surface area (Å²) in [6, 6.07) is 68.7. The van der Waals surface area contributed by atoms with Gasteiger partial charge < -0.3 is 10.2 Å². The molecule has 0 atom stereocenters. The predicted molar refractivity (Wildman–Crippen MR) is 247 cm³/mol. The minimum absolute atomic E-state index is 0.0176. The molecule has 10 rings (SSSR count). The number of hydrogen-bond donors (Lipinski definition) is 2. The number of nitrogen functional groups attached to an aromatic ring is 1. The predicted octanol–water partition coefficient (Wildman–Crippen LogP) is 14.1. The lowest BCUT2D eigenvalue weighted by atomic mass is 9.90. The molecule has 0 radical (unpaired) electrons. The van der Waals surface area contributed by atoms with E-state index in [0.29, 0.717) is 5.56 Å². The van der Waals surface area contributed by atoms with Gasteiger partial charge in [0.25, 0.3) is 0 Å². The van der Waals surface area contributed by atoms with Crippen LogP contribution in [0.15, 0.2) is 210 Å². The molecule has 0 amide bonds. The van der Waals surface area contributed by atoms with Gasteiger partial charge in [0.15, 0.2) is 0 Å². The van der Waals surface area contributed by atoms with E-state index in [1.54, 1.807) is 0 Å². The fourth-order valence-electron chi connectivity index (χ4n) is 7.57. The lowest BCUT2D eigenvalue weighted by Gasteiger charge is -2.12. The van der Waals surface area contributed by atoms with E-state index < -0.39 is 0 Å². The molecule has 4 heteroatoms. The minimum atomic E-state index is 0.0176. The second-order valence-electron chi connectivity index (χ2n) is 14.2. The Morgan fingerprint density at radius 2 is 1.09 bits per heavy atom. The highest BCUT2D eigenvalue weighted by atomic mass is 16.3. The van der Waals surface area contributed by atoms with Gasteiger partial charge in [-0.15, -0.1) is 0 Å². The monoisotopic (exact) mass is 749 g/mol. The Labute approximate surface area is 339 Å². The first kappa shape index (κ1) is 37.4. The van der Waals surface area contributed by atoms with Crippen LogP contribution in [0, 0.1) is 12.3 Å². The number of furan rings is 1. The van der Waals surface area contributed by atoms with Crippen molar-refractivity contribution < 1.29 is 4.42 Å². The molecule has 0 spiro atoms. The summed E-state index contributed by atoms with van der Waals surface area (Å²) >= 11 is 0. The molecule has 0 bridgehead atoms. The van der Waals surface area contributed by atoms with E-state index in [0.717, 1.165) is 67.3 Å². The van der Waals surface area contributed by atoms with Gasteiger partial charge in [-0.05, 0) is 93.3 Å². The third-order valence-corrected chi connectivity index (χ3v) is 10.3. The number of aliphatic imine (C=N–C) groups is 1. The summed E-state index contributed by atoms with van der Waals surface area (Å²) in [6.45, 7) is 6.21. The number of nitrogens with zero attached hydrogens (tertiary/aromatic N) is 1. The van der Waals surface area contributed by atoms with Crippen LogP contribution in [-0.4, -0.2) is 12.6 Å². The van der Waals surface area contributed by atoms with E-state index in [1.165, 1.54) is 27.3 Å². The highest BCUT2D eigenvalue weighted by Gasteiger charge is 2.22. The van der Waals surface area contributed by atoms with Crippen LogP contribution in [0.3, 0.4) is 0 Å². The molecule has 1 aromatic heterocycles. The van der Waals surface area contributed by atoms with Crippen molar-refractivity contribution in [3.63, 3.8) is 0 Å². The molecule has 0 unspecified atom stereocenters. The average molecular weight is 750 g/mol. The maximum atomic E-state index is 8.52. The van der Waals surface area contributed by atoms with Crippen molar-refractivity contribution in [1.29, 1.82) is 5.41 Å². The van der Waals surface area contributed by atoms with Crippen LogP contribution in [-0.2, 0) is 6.54 Å². The SMILES string of the molecule is C=NCc1ccccc1.Cc1ccccc1.N=C(N)c1ccc(-c2cc3ccccc3c3ccccc23)c2oc3c(-c4ccccc4)cc(-c4ccccc4)cc3c12. The van der Waals surface area contributed by atoms with Gasteiger partial charge in [-0.2, -0.15) is 0 Å². The summed E-state index contributed by atoms with van der Waals surface area (Å²) in [5.41, 5.74) is 17.3. The minimum Gasteiger partial charge on any atom is -0.455 e. The maximum absolute atomic E-state index is 8.52. The van der Waals surface area contributed by atoms with Crippen molar-refractivity contribution in [2.75, 3.05) is 0 Å². The first-order valence-electron chi connectivity index (χ1n) is 19.4. The van der Waals surface area contributed by atoms with Gasteiger partial charge >= 0.3 is 0 Å². The number of rotatable bonds is 6. The zero-order chi connectivity index (χ0) is 39.8. The van der Waals surface area contributed by atoms with Gasteiger partial charge in [-0.3, -0.25) is 10.4 Å². The summed E-state index contributed by atoms with van der Waals surface area (Å²) in [4.78, 5) is 3.76. The largest absolute Gasteiger partial charge is 0.455 e. The summed E-state index contributed by atoms with van der Waals surface area (Å²) in [7, 11) is 0. The van der Waals surface area contributed by atoms with E-state index in [1.807, 2.05) is 78.9 Å². The number of nitrogens with two attached hydrogens (primary N) is 1. The smallest absolute Gasteiger partial charge is 0.144 e. The third-order valence-electron chi connectivity index (χ3n) is 10.3. The van der Waals surface area contributed by atoms with Crippen molar-refractivity contribution in [3.8, 4) is 33.4 Å². The fraction of sp³-hybridized carbons (Fsp3) is 0.0370. The molecular formula is C54H43N3O. The first-order chi connectivity index (χ1) is 28.5. The molecular weight excluding hydrogens is 707 g/mol. The molecule has 0 aliphatic heterocycles. The van der Waals surface area contributed by atoms with Crippen LogP contribution in [0.5, 0.6) is 0 Å². The third kappa shape index (κ3) is 7.77. The van der Waals surface area contributed by atoms with Crippen LogP contribution in [0.25, 0.3) is 76.9 Å². The Bertz CT molecular complexity index is 3010. The van der Waals surface area contributed by atoms with E-state index in [2.05, 4.69) is 140 Å². The zero-order valence-electron chi connectivity index (χ0n) is 32.4. The Kier molecular flexibility index (Phi) is 11.0. The van der Waals surface area contributed by atoms with Gasteiger partial charge in [0.1, 0.15) is 17.0 Å². The molecule has 0 saturated heterocycles. The van der Waals surface area contributed by atoms with Gasteiger partial charge in [-0.1, -0.05) is 175 Å². The number of aryl methyl sites for hydroxylation is 1. The molecule has 280 valence electrons. The van der Waals surface area contributed by atoms with Gasteiger partial charge in [0.2, 0.25) is 0 Å². The van der Waals surface area contributed by atoms with Crippen LogP contribution in [0.2, 0.25) is 0 Å². The summed E-state index contributed by atoms with van der Waals surface area (Å²) in [6.07, 6.45) is 0. The fourth-order valence-corrected chi connectivity index (χ4v) is 7.57. The standard InChI is InChI=1S/C39H26N2O.C8H9N.C7H8/c40-39(41)32-20-19-31(34-21-26-15-7-8-16-28(26)29-17-9-10-18-30(29)34)38-36(32)35-23-27(24-11-3-1-4-12-24)22-33(37(35)42-38)25-13-5-2-6-14-25;1-9-7-8-5-3-2-4-6-8;1-7-5-3-2-4-6-7/h1-23H,(H3,40,41);2-6H,1,7H2;2-6H,1H3. The maximum Gasteiger partial charge on any atom is 0.144 e. The molecule has 9 aromatic carbocycles. The molecule has 0 fully saturated rings. The van der Waals surface area contributed by atoms with Crippen molar-refractivity contribution >= 4 is 56.0 Å². The summed E-state index contributed by atoms with van der Waals surface area (Å²) in [5, 5.41) is 15.1. The summed E-state index contributed by atoms with van der Waals surface area (Å²) < 4.78 is 6.91. The first-order valence-corrected chi connectivity index (χ1v) is 19.4. The molecule has 0 saturated carbocycles. The molecule has 58 heavy (non-hydrogen) atoms. The van der Waals surface area contributed by atoms with Crippen molar-refractivity contribution in [1.82, 2.24) is 0 Å². The number of amidine groups is 1. The van der Waals surface area contributed by atoms with Gasteiger partial charge in [0.05, 0.1) is 6.54 Å². The zero-order valence-corrected chi connectivity index (χ0v) is 32.4. The van der Waals surface area contributed by atoms with E-state index in [4.69, 9.17) is 15.6 Å². The quantitative estimate of drug-likeness (QED) is 0.101. The lowest BCUT2D eigenvalue weighted by Crippen LogP contribution is -2.11. The second-order valence-corrected chi connectivity index (χ2v) is 14.2. The van der Waals surface area contributed by atoms with Crippen LogP contribution in [0.1, 0.15) is 16.7 Å². The van der Waals surface area contributed by atoms with Gasteiger partial charge in [-0.25, -0.2) is 0 Å². The Balaban J connectivity index is 0.000000244. The number of fused-ring (bicyclic) bond motifs is 6. The molecule has 1 heterocycles. The summed E-state index contributed by atoms with van der Waals surface area (Å²) in [5.74, 6) is 0.0176. The van der Waals surface area contributed by atoms with E-state index in [-0.39, 0.29) is 5.84 Å². The number of nitrogens with one attached hydrogen (secondary N) is 1. The van der Waals surface area contributed by atoms with Crippen LogP contribution < -0.4 is 5.73 Å².